The SMILES string of the molecule is COc1ccc(C)cc1CNCCCS(C)=O. The second-order valence-electron chi connectivity index (χ2n) is 4.12. The van der Waals surface area contributed by atoms with Crippen LogP contribution in [-0.4, -0.2) is 29.9 Å². The molecule has 0 saturated heterocycles. The minimum atomic E-state index is -0.688. The van der Waals surface area contributed by atoms with Gasteiger partial charge in [-0.25, -0.2) is 0 Å². The first-order valence-electron chi connectivity index (χ1n) is 5.77. The van der Waals surface area contributed by atoms with Crippen molar-refractivity contribution in [1.82, 2.24) is 5.32 Å². The zero-order valence-electron chi connectivity index (χ0n) is 10.8. The molecule has 0 aliphatic heterocycles. The number of hydrogen-bond donors (Lipinski definition) is 1. The molecule has 0 aromatic heterocycles. The maximum absolute atomic E-state index is 10.9. The average Bonchev–Trinajstić information content (AvgIpc) is 2.28. The number of ether oxygens (including phenoxy) is 1. The molecular formula is C13H21NO2S. The molecule has 0 saturated carbocycles. The summed E-state index contributed by atoms with van der Waals surface area (Å²) in [6, 6.07) is 6.17. The van der Waals surface area contributed by atoms with Gasteiger partial charge in [0, 0.05) is 34.9 Å². The third-order valence-corrected chi connectivity index (χ3v) is 3.40. The molecule has 1 unspecified atom stereocenters. The Morgan fingerprint density at radius 2 is 2.18 bits per heavy atom. The average molecular weight is 255 g/mol. The zero-order valence-corrected chi connectivity index (χ0v) is 11.6. The van der Waals surface area contributed by atoms with Gasteiger partial charge in [0.2, 0.25) is 0 Å². The van der Waals surface area contributed by atoms with E-state index in [4.69, 9.17) is 4.74 Å². The highest BCUT2D eigenvalue weighted by atomic mass is 32.2. The predicted molar refractivity (Wildman–Crippen MR) is 73.0 cm³/mol. The fourth-order valence-corrected chi connectivity index (χ4v) is 2.22. The summed E-state index contributed by atoms with van der Waals surface area (Å²) in [6.45, 7) is 3.75. The Morgan fingerprint density at radius 3 is 2.82 bits per heavy atom. The van der Waals surface area contributed by atoms with Crippen molar-refractivity contribution in [3.63, 3.8) is 0 Å². The van der Waals surface area contributed by atoms with E-state index in [1.165, 1.54) is 11.1 Å². The van der Waals surface area contributed by atoms with Crippen LogP contribution in [0.1, 0.15) is 17.5 Å². The molecule has 0 aliphatic carbocycles. The summed E-state index contributed by atoms with van der Waals surface area (Å²) < 4.78 is 16.2. The summed E-state index contributed by atoms with van der Waals surface area (Å²) in [7, 11) is 1.00. The lowest BCUT2D eigenvalue weighted by molar-refractivity contribution is 0.407. The lowest BCUT2D eigenvalue weighted by atomic mass is 10.1. The van der Waals surface area contributed by atoms with E-state index >= 15 is 0 Å². The van der Waals surface area contributed by atoms with Crippen LogP contribution >= 0.6 is 0 Å². The molecule has 0 fully saturated rings. The number of rotatable bonds is 7. The van der Waals surface area contributed by atoms with Gasteiger partial charge in [-0.05, 0) is 26.0 Å². The van der Waals surface area contributed by atoms with Crippen molar-refractivity contribution in [2.24, 2.45) is 0 Å². The first-order chi connectivity index (χ1) is 8.13. The summed E-state index contributed by atoms with van der Waals surface area (Å²) in [6.07, 6.45) is 2.68. The standard InChI is InChI=1S/C13H21NO2S/c1-11-5-6-13(16-2)12(9-11)10-14-7-4-8-17(3)15/h5-6,9,14H,4,7-8,10H2,1-3H3. The van der Waals surface area contributed by atoms with Crippen LogP contribution in [0.25, 0.3) is 0 Å². The smallest absolute Gasteiger partial charge is 0.123 e. The highest BCUT2D eigenvalue weighted by molar-refractivity contribution is 7.84. The van der Waals surface area contributed by atoms with Crippen LogP contribution in [-0.2, 0) is 17.3 Å². The van der Waals surface area contributed by atoms with Gasteiger partial charge in [-0.2, -0.15) is 0 Å². The quantitative estimate of drug-likeness (QED) is 0.756. The highest BCUT2D eigenvalue weighted by Gasteiger charge is 2.02. The van der Waals surface area contributed by atoms with Crippen LogP contribution in [0.5, 0.6) is 5.75 Å². The molecule has 0 amide bonds. The molecule has 0 aliphatic rings. The van der Waals surface area contributed by atoms with E-state index in [2.05, 4.69) is 18.3 Å². The van der Waals surface area contributed by atoms with Gasteiger partial charge >= 0.3 is 0 Å². The minimum Gasteiger partial charge on any atom is -0.496 e. The molecule has 3 nitrogen and oxygen atoms in total. The molecule has 0 radical (unpaired) electrons. The lowest BCUT2D eigenvalue weighted by Gasteiger charge is -2.10. The molecule has 96 valence electrons. The molecule has 1 rings (SSSR count). The van der Waals surface area contributed by atoms with Crippen molar-refractivity contribution >= 4 is 10.8 Å². The van der Waals surface area contributed by atoms with Gasteiger partial charge in [-0.3, -0.25) is 4.21 Å². The topological polar surface area (TPSA) is 38.3 Å². The minimum absolute atomic E-state index is 0.688. The summed E-state index contributed by atoms with van der Waals surface area (Å²) in [5.41, 5.74) is 2.40. The first-order valence-corrected chi connectivity index (χ1v) is 7.50. The molecule has 1 atom stereocenters. The summed E-state index contributed by atoms with van der Waals surface area (Å²) in [4.78, 5) is 0. The van der Waals surface area contributed by atoms with Crippen molar-refractivity contribution < 1.29 is 8.95 Å². The van der Waals surface area contributed by atoms with Crippen LogP contribution in [0.15, 0.2) is 18.2 Å². The maximum atomic E-state index is 10.9. The van der Waals surface area contributed by atoms with E-state index in [-0.39, 0.29) is 0 Å². The van der Waals surface area contributed by atoms with Crippen LogP contribution in [0.2, 0.25) is 0 Å². The molecule has 1 aromatic carbocycles. The Bertz CT molecular complexity index is 380. The van der Waals surface area contributed by atoms with Crippen molar-refractivity contribution in [2.45, 2.75) is 19.9 Å². The number of benzene rings is 1. The van der Waals surface area contributed by atoms with E-state index in [0.29, 0.717) is 0 Å². The molecule has 0 spiro atoms. The van der Waals surface area contributed by atoms with E-state index in [9.17, 15) is 4.21 Å². The number of aryl methyl sites for hydroxylation is 1. The summed E-state index contributed by atoms with van der Waals surface area (Å²) in [5.74, 6) is 1.68. The monoisotopic (exact) mass is 255 g/mol. The van der Waals surface area contributed by atoms with Crippen molar-refractivity contribution in [1.29, 1.82) is 0 Å². The van der Waals surface area contributed by atoms with Crippen LogP contribution in [0, 0.1) is 6.92 Å². The molecule has 0 heterocycles. The number of nitrogens with one attached hydrogen (secondary N) is 1. The highest BCUT2D eigenvalue weighted by Crippen LogP contribution is 2.19. The Balaban J connectivity index is 2.40. The van der Waals surface area contributed by atoms with Gasteiger partial charge in [0.15, 0.2) is 0 Å². The van der Waals surface area contributed by atoms with Gasteiger partial charge in [-0.15, -0.1) is 0 Å². The van der Waals surface area contributed by atoms with Gasteiger partial charge in [0.25, 0.3) is 0 Å². The second kappa shape index (κ2) is 7.45. The van der Waals surface area contributed by atoms with E-state index in [1.54, 1.807) is 13.4 Å². The molecule has 4 heteroatoms. The third-order valence-electron chi connectivity index (χ3n) is 2.54. The van der Waals surface area contributed by atoms with Gasteiger partial charge < -0.3 is 10.1 Å². The van der Waals surface area contributed by atoms with Gasteiger partial charge in [-0.1, -0.05) is 17.7 Å². The van der Waals surface area contributed by atoms with Crippen molar-refractivity contribution in [2.75, 3.05) is 25.7 Å². The maximum Gasteiger partial charge on any atom is 0.123 e. The van der Waals surface area contributed by atoms with Crippen LogP contribution in [0.4, 0.5) is 0 Å². The Kier molecular flexibility index (Phi) is 6.22. The summed E-state index contributed by atoms with van der Waals surface area (Å²) in [5, 5.41) is 3.34. The second-order valence-corrected chi connectivity index (χ2v) is 5.68. The Labute approximate surface area is 106 Å². The third kappa shape index (κ3) is 5.33. The van der Waals surface area contributed by atoms with Gasteiger partial charge in [0.05, 0.1) is 7.11 Å². The van der Waals surface area contributed by atoms with Gasteiger partial charge in [0.1, 0.15) is 5.75 Å². The molecule has 0 bridgehead atoms. The fourth-order valence-electron chi connectivity index (χ4n) is 1.67. The number of methoxy groups -OCH3 is 1. The first kappa shape index (κ1) is 14.2. The van der Waals surface area contributed by atoms with Crippen LogP contribution < -0.4 is 10.1 Å². The normalized spacial score (nSPS) is 12.4. The molecule has 1 aromatic rings. The van der Waals surface area contributed by atoms with Crippen LogP contribution in [0.3, 0.4) is 0 Å². The molecular weight excluding hydrogens is 234 g/mol. The number of hydrogen-bond acceptors (Lipinski definition) is 3. The Hall–Kier alpha value is -0.870. The van der Waals surface area contributed by atoms with E-state index < -0.39 is 10.8 Å². The summed E-state index contributed by atoms with van der Waals surface area (Å²) >= 11 is 0. The van der Waals surface area contributed by atoms with E-state index in [0.717, 1.165) is 31.0 Å². The van der Waals surface area contributed by atoms with E-state index in [1.807, 2.05) is 12.1 Å². The largest absolute Gasteiger partial charge is 0.496 e. The fraction of sp³-hybridized carbons (Fsp3) is 0.538. The zero-order chi connectivity index (χ0) is 12.7. The Morgan fingerprint density at radius 1 is 1.41 bits per heavy atom. The molecule has 1 N–H and O–H groups in total. The molecule has 17 heavy (non-hydrogen) atoms. The van der Waals surface area contributed by atoms with Crippen molar-refractivity contribution in [3.05, 3.63) is 29.3 Å². The lowest BCUT2D eigenvalue weighted by Crippen LogP contribution is -2.17. The predicted octanol–water partition coefficient (Wildman–Crippen LogP) is 1.86. The van der Waals surface area contributed by atoms with Crippen molar-refractivity contribution in [3.8, 4) is 5.75 Å².